The molecule has 0 bridgehead atoms. The lowest BCUT2D eigenvalue weighted by Crippen LogP contribution is -2.04. The van der Waals surface area contributed by atoms with Crippen LogP contribution in [0, 0.1) is 17.2 Å². The number of rotatable bonds is 4. The van der Waals surface area contributed by atoms with Crippen molar-refractivity contribution in [3.63, 3.8) is 0 Å². The highest BCUT2D eigenvalue weighted by atomic mass is 35.5. The maximum absolute atomic E-state index is 10.5. The molecule has 0 aliphatic heterocycles. The summed E-state index contributed by atoms with van der Waals surface area (Å²) in [6.45, 7) is 1.81. The van der Waals surface area contributed by atoms with E-state index in [1.54, 1.807) is 12.1 Å². The molecule has 15 heavy (non-hydrogen) atoms. The highest BCUT2D eigenvalue weighted by molar-refractivity contribution is 6.30. The van der Waals surface area contributed by atoms with Crippen LogP contribution in [-0.4, -0.2) is 6.29 Å². The van der Waals surface area contributed by atoms with Crippen LogP contribution in [0.4, 0.5) is 0 Å². The van der Waals surface area contributed by atoms with E-state index in [1.165, 1.54) is 0 Å². The highest BCUT2D eigenvalue weighted by Gasteiger charge is 2.14. The van der Waals surface area contributed by atoms with E-state index >= 15 is 0 Å². The van der Waals surface area contributed by atoms with Gasteiger partial charge in [0.15, 0.2) is 0 Å². The normalized spacial score (nSPS) is 13.9. The third kappa shape index (κ3) is 3.38. The number of aldehydes is 1. The second-order valence-electron chi connectivity index (χ2n) is 3.59. The average Bonchev–Trinajstić information content (AvgIpc) is 2.25. The zero-order valence-electron chi connectivity index (χ0n) is 8.48. The summed E-state index contributed by atoms with van der Waals surface area (Å²) in [5.41, 5.74) is 0.874. The van der Waals surface area contributed by atoms with E-state index in [1.807, 2.05) is 19.1 Å². The molecule has 0 radical (unpaired) electrons. The van der Waals surface area contributed by atoms with E-state index in [0.717, 1.165) is 11.8 Å². The van der Waals surface area contributed by atoms with E-state index in [2.05, 4.69) is 6.07 Å². The maximum atomic E-state index is 10.5. The molecule has 0 aromatic heterocycles. The number of nitriles is 1. The van der Waals surface area contributed by atoms with Crippen LogP contribution in [-0.2, 0) is 4.79 Å². The van der Waals surface area contributed by atoms with Crippen LogP contribution in [0.1, 0.15) is 24.8 Å². The minimum Gasteiger partial charge on any atom is -0.303 e. The first kappa shape index (κ1) is 11.7. The largest absolute Gasteiger partial charge is 0.303 e. The molecule has 3 heteroatoms. The molecular formula is C12H12ClNO. The van der Waals surface area contributed by atoms with E-state index in [0.29, 0.717) is 11.4 Å². The standard InChI is InChI=1S/C12H12ClNO/c1-9(8-15)5-11(7-14)10-3-2-4-12(13)6-10/h2-4,6,8-9,11H,5H2,1H3. The van der Waals surface area contributed by atoms with Gasteiger partial charge in [-0.3, -0.25) is 0 Å². The lowest BCUT2D eigenvalue weighted by molar-refractivity contribution is -0.110. The van der Waals surface area contributed by atoms with Gasteiger partial charge < -0.3 is 4.79 Å². The van der Waals surface area contributed by atoms with Crippen LogP contribution in [0.5, 0.6) is 0 Å². The second kappa shape index (κ2) is 5.53. The first-order valence-corrected chi connectivity index (χ1v) is 5.15. The van der Waals surface area contributed by atoms with Crippen LogP contribution in [0.2, 0.25) is 5.02 Å². The predicted molar refractivity (Wildman–Crippen MR) is 59.7 cm³/mol. The number of carbonyl (C=O) groups is 1. The van der Waals surface area contributed by atoms with Crippen molar-refractivity contribution in [1.82, 2.24) is 0 Å². The smallest absolute Gasteiger partial charge is 0.122 e. The second-order valence-corrected chi connectivity index (χ2v) is 4.02. The van der Waals surface area contributed by atoms with E-state index < -0.39 is 0 Å². The fourth-order valence-corrected chi connectivity index (χ4v) is 1.61. The van der Waals surface area contributed by atoms with Crippen molar-refractivity contribution in [3.8, 4) is 6.07 Å². The molecule has 1 aromatic carbocycles. The Hall–Kier alpha value is -1.33. The third-order valence-electron chi connectivity index (χ3n) is 2.25. The van der Waals surface area contributed by atoms with Crippen molar-refractivity contribution in [1.29, 1.82) is 5.26 Å². The Kier molecular flexibility index (Phi) is 4.33. The van der Waals surface area contributed by atoms with Crippen LogP contribution >= 0.6 is 11.6 Å². The lowest BCUT2D eigenvalue weighted by atomic mass is 9.91. The SMILES string of the molecule is CC(C=O)CC(C#N)c1cccc(Cl)c1. The van der Waals surface area contributed by atoms with Gasteiger partial charge in [0, 0.05) is 10.9 Å². The highest BCUT2D eigenvalue weighted by Crippen LogP contribution is 2.24. The summed E-state index contributed by atoms with van der Waals surface area (Å²) in [6.07, 6.45) is 1.41. The average molecular weight is 222 g/mol. The first-order chi connectivity index (χ1) is 7.17. The molecule has 0 heterocycles. The molecule has 0 N–H and O–H groups in total. The molecule has 2 unspecified atom stereocenters. The predicted octanol–water partition coefficient (Wildman–Crippen LogP) is 3.17. The molecule has 78 valence electrons. The molecular weight excluding hydrogens is 210 g/mol. The van der Waals surface area contributed by atoms with Crippen LogP contribution < -0.4 is 0 Å². The minimum atomic E-state index is -0.260. The number of carbonyl (C=O) groups excluding carboxylic acids is 1. The molecule has 0 amide bonds. The van der Waals surface area contributed by atoms with Gasteiger partial charge in [0.1, 0.15) is 6.29 Å². The van der Waals surface area contributed by atoms with Crippen molar-refractivity contribution < 1.29 is 4.79 Å². The van der Waals surface area contributed by atoms with Gasteiger partial charge in [-0.25, -0.2) is 0 Å². The Morgan fingerprint density at radius 1 is 1.60 bits per heavy atom. The first-order valence-electron chi connectivity index (χ1n) is 4.77. The number of nitrogens with zero attached hydrogens (tertiary/aromatic N) is 1. The summed E-state index contributed by atoms with van der Waals surface area (Å²) in [5, 5.41) is 9.62. The molecule has 2 atom stereocenters. The lowest BCUT2D eigenvalue weighted by Gasteiger charge is -2.11. The fraction of sp³-hybridized carbons (Fsp3) is 0.333. The van der Waals surface area contributed by atoms with Gasteiger partial charge in [-0.2, -0.15) is 5.26 Å². The number of benzene rings is 1. The van der Waals surface area contributed by atoms with Crippen molar-refractivity contribution in [2.75, 3.05) is 0 Å². The maximum Gasteiger partial charge on any atom is 0.122 e. The number of hydrogen-bond donors (Lipinski definition) is 0. The van der Waals surface area contributed by atoms with Crippen LogP contribution in [0.3, 0.4) is 0 Å². The van der Waals surface area contributed by atoms with Gasteiger partial charge in [0.2, 0.25) is 0 Å². The topological polar surface area (TPSA) is 40.9 Å². The Labute approximate surface area is 94.5 Å². The molecule has 0 spiro atoms. The number of halogens is 1. The van der Waals surface area contributed by atoms with Gasteiger partial charge in [-0.15, -0.1) is 0 Å². The Balaban J connectivity index is 2.84. The van der Waals surface area contributed by atoms with Crippen LogP contribution in [0.15, 0.2) is 24.3 Å². The Morgan fingerprint density at radius 3 is 2.87 bits per heavy atom. The monoisotopic (exact) mass is 221 g/mol. The minimum absolute atomic E-state index is 0.103. The van der Waals surface area contributed by atoms with Gasteiger partial charge in [0.25, 0.3) is 0 Å². The summed E-state index contributed by atoms with van der Waals surface area (Å²) >= 11 is 5.84. The van der Waals surface area contributed by atoms with Crippen molar-refractivity contribution in [2.45, 2.75) is 19.3 Å². The Morgan fingerprint density at radius 2 is 2.33 bits per heavy atom. The van der Waals surface area contributed by atoms with Gasteiger partial charge >= 0.3 is 0 Å². The molecule has 1 rings (SSSR count). The summed E-state index contributed by atoms with van der Waals surface area (Å²) < 4.78 is 0. The van der Waals surface area contributed by atoms with Gasteiger partial charge in [-0.1, -0.05) is 30.7 Å². The number of hydrogen-bond acceptors (Lipinski definition) is 2. The Bertz CT molecular complexity index is 383. The molecule has 1 aromatic rings. The molecule has 0 saturated heterocycles. The zero-order valence-corrected chi connectivity index (χ0v) is 9.24. The molecule has 0 saturated carbocycles. The van der Waals surface area contributed by atoms with E-state index in [9.17, 15) is 4.79 Å². The molecule has 0 fully saturated rings. The molecule has 2 nitrogen and oxygen atoms in total. The quantitative estimate of drug-likeness (QED) is 0.733. The van der Waals surface area contributed by atoms with Crippen molar-refractivity contribution >= 4 is 17.9 Å². The zero-order chi connectivity index (χ0) is 11.3. The van der Waals surface area contributed by atoms with E-state index in [-0.39, 0.29) is 11.8 Å². The van der Waals surface area contributed by atoms with Crippen molar-refractivity contribution in [2.24, 2.45) is 5.92 Å². The fourth-order valence-electron chi connectivity index (χ4n) is 1.41. The van der Waals surface area contributed by atoms with Gasteiger partial charge in [0.05, 0.1) is 12.0 Å². The molecule has 0 aliphatic carbocycles. The molecule has 0 aliphatic rings. The summed E-state index contributed by atoms with van der Waals surface area (Å²) in [7, 11) is 0. The summed E-state index contributed by atoms with van der Waals surface area (Å²) in [4.78, 5) is 10.5. The van der Waals surface area contributed by atoms with Crippen molar-refractivity contribution in [3.05, 3.63) is 34.9 Å². The van der Waals surface area contributed by atoms with Gasteiger partial charge in [-0.05, 0) is 24.1 Å². The van der Waals surface area contributed by atoms with Crippen LogP contribution in [0.25, 0.3) is 0 Å². The summed E-state index contributed by atoms with van der Waals surface area (Å²) in [6, 6.07) is 9.40. The van der Waals surface area contributed by atoms with E-state index in [4.69, 9.17) is 16.9 Å². The summed E-state index contributed by atoms with van der Waals surface area (Å²) in [5.74, 6) is -0.363. The third-order valence-corrected chi connectivity index (χ3v) is 2.48.